The van der Waals surface area contributed by atoms with Gasteiger partial charge in [0.25, 0.3) is 0 Å². The third-order valence-corrected chi connectivity index (χ3v) is 3.87. The Balaban J connectivity index is 2.93. The first-order valence-corrected chi connectivity index (χ1v) is 7.13. The molecule has 0 fully saturated rings. The number of hydrogen-bond acceptors (Lipinski definition) is 1. The Hall–Kier alpha value is -2.16. The van der Waals surface area contributed by atoms with Crippen molar-refractivity contribution in [2.24, 2.45) is 0 Å². The first kappa shape index (κ1) is 20.2. The van der Waals surface area contributed by atoms with Crippen molar-refractivity contribution in [1.82, 2.24) is 0 Å². The topological polar surface area (TPSA) is 20.2 Å². The molecule has 0 saturated carbocycles. The van der Waals surface area contributed by atoms with Gasteiger partial charge in [-0.1, -0.05) is 48.0 Å². The summed E-state index contributed by atoms with van der Waals surface area (Å²) in [6.07, 6.45) is -11.6. The highest BCUT2D eigenvalue weighted by Gasteiger charge is 2.72. The first-order valence-electron chi connectivity index (χ1n) is 7.13. The molecule has 1 unspecified atom stereocenters. The molecule has 1 atom stereocenters. The summed E-state index contributed by atoms with van der Waals surface area (Å²) in [5, 5.41) is 10.5. The normalized spacial score (nSPS) is 15.6. The van der Waals surface area contributed by atoms with Gasteiger partial charge in [-0.05, 0) is 18.6 Å². The fourth-order valence-electron chi connectivity index (χ4n) is 2.63. The van der Waals surface area contributed by atoms with Crippen molar-refractivity contribution in [3.05, 3.63) is 70.8 Å². The molecule has 2 aromatic carbocycles. The lowest BCUT2D eigenvalue weighted by Crippen LogP contribution is -2.56. The minimum absolute atomic E-state index is 0.184. The minimum atomic E-state index is -6.30. The zero-order valence-electron chi connectivity index (χ0n) is 13.1. The van der Waals surface area contributed by atoms with E-state index in [0.29, 0.717) is 12.1 Å². The lowest BCUT2D eigenvalue weighted by molar-refractivity contribution is -0.337. The van der Waals surface area contributed by atoms with Gasteiger partial charge >= 0.3 is 18.3 Å². The Morgan fingerprint density at radius 3 is 1.73 bits per heavy atom. The zero-order chi connectivity index (χ0) is 20.0. The molecule has 0 aliphatic heterocycles. The summed E-state index contributed by atoms with van der Waals surface area (Å²) in [5.74, 6) is -5.89. The number of halogens is 8. The third kappa shape index (κ3) is 3.15. The van der Waals surface area contributed by atoms with E-state index >= 15 is 0 Å². The maximum absolute atomic E-state index is 14.3. The number of rotatable bonds is 3. The molecule has 1 N–H and O–H groups in total. The van der Waals surface area contributed by atoms with E-state index < -0.39 is 40.6 Å². The molecule has 0 heterocycles. The van der Waals surface area contributed by atoms with Crippen LogP contribution >= 0.6 is 0 Å². The van der Waals surface area contributed by atoms with Crippen LogP contribution in [0.25, 0.3) is 0 Å². The number of hydrogen-bond donors (Lipinski definition) is 1. The number of aryl methyl sites for hydroxylation is 1. The molecule has 0 spiro atoms. The average molecular weight is 384 g/mol. The van der Waals surface area contributed by atoms with Crippen LogP contribution in [0.1, 0.15) is 22.3 Å². The molecule has 9 heteroatoms. The van der Waals surface area contributed by atoms with Crippen LogP contribution in [0.15, 0.2) is 48.5 Å². The lowest BCUT2D eigenvalue weighted by Gasteiger charge is -2.39. The molecule has 2 rings (SSSR count). The highest BCUT2D eigenvalue weighted by Crippen LogP contribution is 2.53. The molecular formula is C17H12F8O. The van der Waals surface area contributed by atoms with Crippen LogP contribution in [-0.2, 0) is 11.8 Å². The summed E-state index contributed by atoms with van der Waals surface area (Å²) in [4.78, 5) is 0. The quantitative estimate of drug-likeness (QED) is 0.698. The summed E-state index contributed by atoms with van der Waals surface area (Å²) in [7, 11) is 0. The lowest BCUT2D eigenvalue weighted by atomic mass is 9.78. The maximum Gasteiger partial charge on any atom is 0.457 e. The zero-order valence-corrected chi connectivity index (χ0v) is 13.1. The van der Waals surface area contributed by atoms with Crippen LogP contribution in [0.4, 0.5) is 35.1 Å². The van der Waals surface area contributed by atoms with Crippen LogP contribution in [0, 0.1) is 6.92 Å². The van der Waals surface area contributed by atoms with E-state index in [1.54, 1.807) is 0 Å². The summed E-state index contributed by atoms with van der Waals surface area (Å²) < 4.78 is 107. The molecule has 0 radical (unpaired) electrons. The first-order chi connectivity index (χ1) is 11.7. The van der Waals surface area contributed by atoms with Gasteiger partial charge in [-0.25, -0.2) is 0 Å². The van der Waals surface area contributed by atoms with Crippen molar-refractivity contribution in [3.8, 4) is 0 Å². The van der Waals surface area contributed by atoms with Gasteiger partial charge in [0.1, 0.15) is 0 Å². The second kappa shape index (κ2) is 6.22. The van der Waals surface area contributed by atoms with Gasteiger partial charge in [-0.15, -0.1) is 0 Å². The predicted molar refractivity (Wildman–Crippen MR) is 76.6 cm³/mol. The van der Waals surface area contributed by atoms with Crippen LogP contribution in [0.5, 0.6) is 0 Å². The van der Waals surface area contributed by atoms with E-state index in [1.807, 2.05) is 0 Å². The molecule has 2 aromatic rings. The fourth-order valence-corrected chi connectivity index (χ4v) is 2.63. The molecule has 0 saturated heterocycles. The van der Waals surface area contributed by atoms with Crippen LogP contribution in [-0.4, -0.2) is 17.2 Å². The van der Waals surface area contributed by atoms with Crippen molar-refractivity contribution in [2.75, 3.05) is 0 Å². The van der Waals surface area contributed by atoms with E-state index in [1.165, 1.54) is 13.0 Å². The van der Waals surface area contributed by atoms with Gasteiger partial charge in [0, 0.05) is 5.56 Å². The number of aliphatic hydroxyl groups is 1. The van der Waals surface area contributed by atoms with Crippen LogP contribution in [0.2, 0.25) is 0 Å². The Kier molecular flexibility index (Phi) is 4.82. The minimum Gasteiger partial charge on any atom is -0.374 e. The van der Waals surface area contributed by atoms with Crippen molar-refractivity contribution in [2.45, 2.75) is 30.8 Å². The molecule has 142 valence electrons. The fraction of sp³-hybridized carbons (Fsp3) is 0.294. The van der Waals surface area contributed by atoms with Crippen molar-refractivity contribution < 1.29 is 40.2 Å². The van der Waals surface area contributed by atoms with Gasteiger partial charge in [-0.2, -0.15) is 35.1 Å². The van der Waals surface area contributed by atoms with Crippen LogP contribution < -0.4 is 0 Å². The van der Waals surface area contributed by atoms with Crippen molar-refractivity contribution >= 4 is 0 Å². The SMILES string of the molecule is Cc1cccc(C(O)(c2ccccc2C(F)(F)F)C(F)(F)C(F)(F)F)c1. The Labute approximate surface area is 142 Å². The van der Waals surface area contributed by atoms with E-state index in [4.69, 9.17) is 0 Å². The molecule has 0 bridgehead atoms. The van der Waals surface area contributed by atoms with E-state index in [9.17, 15) is 40.2 Å². The molecule has 0 aromatic heterocycles. The summed E-state index contributed by atoms with van der Waals surface area (Å²) in [5.41, 5.74) is -8.46. The van der Waals surface area contributed by atoms with Gasteiger partial charge in [0.2, 0.25) is 0 Å². The average Bonchev–Trinajstić information content (AvgIpc) is 2.52. The van der Waals surface area contributed by atoms with Crippen LogP contribution in [0.3, 0.4) is 0 Å². The maximum atomic E-state index is 14.3. The Morgan fingerprint density at radius 2 is 1.27 bits per heavy atom. The highest BCUT2D eigenvalue weighted by molar-refractivity contribution is 5.46. The third-order valence-electron chi connectivity index (χ3n) is 3.87. The van der Waals surface area contributed by atoms with Crippen molar-refractivity contribution in [1.29, 1.82) is 0 Å². The van der Waals surface area contributed by atoms with Gasteiger partial charge in [-0.3, -0.25) is 0 Å². The van der Waals surface area contributed by atoms with E-state index in [0.717, 1.165) is 30.3 Å². The molecule has 0 amide bonds. The van der Waals surface area contributed by atoms with Gasteiger partial charge < -0.3 is 5.11 Å². The standard InChI is InChI=1S/C17H12F8O/c1-10-5-4-6-11(9-10)14(26,16(21,22)17(23,24)25)12-7-2-3-8-13(12)15(18,19)20/h2-9,26H,1H3. The molecule has 0 aliphatic rings. The van der Waals surface area contributed by atoms with Gasteiger partial charge in [0.05, 0.1) is 5.56 Å². The molecule has 0 aliphatic carbocycles. The number of benzene rings is 2. The van der Waals surface area contributed by atoms with Gasteiger partial charge in [0.15, 0.2) is 5.60 Å². The summed E-state index contributed by atoms with van der Waals surface area (Å²) >= 11 is 0. The Bertz CT molecular complexity index is 794. The second-order valence-electron chi connectivity index (χ2n) is 5.70. The predicted octanol–water partition coefficient (Wildman–Crippen LogP) is 5.45. The molecule has 26 heavy (non-hydrogen) atoms. The smallest absolute Gasteiger partial charge is 0.374 e. The molecular weight excluding hydrogens is 372 g/mol. The van der Waals surface area contributed by atoms with Crippen molar-refractivity contribution in [3.63, 3.8) is 0 Å². The van der Waals surface area contributed by atoms with E-state index in [-0.39, 0.29) is 5.56 Å². The second-order valence-corrected chi connectivity index (χ2v) is 5.70. The Morgan fingerprint density at radius 1 is 0.731 bits per heavy atom. The highest BCUT2D eigenvalue weighted by atomic mass is 19.4. The molecule has 1 nitrogen and oxygen atoms in total. The monoisotopic (exact) mass is 384 g/mol. The summed E-state index contributed by atoms with van der Waals surface area (Å²) in [6.45, 7) is 1.34. The number of alkyl halides is 8. The summed E-state index contributed by atoms with van der Waals surface area (Å²) in [6, 6.07) is 6.33. The largest absolute Gasteiger partial charge is 0.457 e. The van der Waals surface area contributed by atoms with E-state index in [2.05, 4.69) is 0 Å².